The van der Waals surface area contributed by atoms with Gasteiger partial charge in [-0.2, -0.15) is 18.4 Å². The summed E-state index contributed by atoms with van der Waals surface area (Å²) in [6, 6.07) is 12.9. The molecule has 0 saturated carbocycles. The molecule has 0 aliphatic carbocycles. The molecule has 2 aromatic rings. The monoisotopic (exact) mass is 387 g/mol. The molecule has 2 aliphatic rings. The Kier molecular flexibility index (Phi) is 4.38. The van der Waals surface area contributed by atoms with E-state index in [1.54, 1.807) is 42.5 Å². The van der Waals surface area contributed by atoms with Crippen LogP contribution >= 0.6 is 0 Å². The maximum atomic E-state index is 12.9. The number of fused-ring (bicyclic) bond motifs is 5. The van der Waals surface area contributed by atoms with Gasteiger partial charge in [0.25, 0.3) is 0 Å². The van der Waals surface area contributed by atoms with Gasteiger partial charge in [-0.05, 0) is 37.1 Å². The van der Waals surface area contributed by atoms with E-state index in [9.17, 15) is 23.2 Å². The van der Waals surface area contributed by atoms with Gasteiger partial charge in [0.1, 0.15) is 5.75 Å². The van der Waals surface area contributed by atoms with Gasteiger partial charge in [0.05, 0.1) is 29.4 Å². The van der Waals surface area contributed by atoms with Gasteiger partial charge in [0.15, 0.2) is 5.75 Å². The minimum Gasteiger partial charge on any atom is -0.455 e. The summed E-state index contributed by atoms with van der Waals surface area (Å²) < 4.78 is 44.6. The van der Waals surface area contributed by atoms with Crippen LogP contribution < -0.4 is 15.0 Å². The topological polar surface area (TPSA) is 65.4 Å². The molecule has 2 atom stereocenters. The number of carbonyl (C=O) groups excluding carboxylic acids is 1. The molecule has 2 heterocycles. The smallest absolute Gasteiger partial charge is 0.455 e. The number of para-hydroxylation sites is 1. The number of carbonyl (C=O) groups is 1. The number of nitrogens with one attached hydrogen (secondary N) is 1. The van der Waals surface area contributed by atoms with Crippen LogP contribution in [0.15, 0.2) is 42.5 Å². The number of rotatable bonds is 1. The molecule has 0 spiro atoms. The molecule has 0 radical (unpaired) electrons. The highest BCUT2D eigenvalue weighted by atomic mass is 19.4. The summed E-state index contributed by atoms with van der Waals surface area (Å²) in [4.78, 5) is 13.5. The second-order valence-electron chi connectivity index (χ2n) is 6.79. The van der Waals surface area contributed by atoms with E-state index < -0.39 is 24.2 Å². The number of nitriles is 1. The highest BCUT2D eigenvalue weighted by molar-refractivity contribution is 5.82. The second kappa shape index (κ2) is 6.75. The summed E-state index contributed by atoms with van der Waals surface area (Å²) in [6.45, 7) is 0.572. The average Bonchev–Trinajstić information content (AvgIpc) is 2.82. The molecule has 8 heteroatoms. The SMILES string of the molecule is N#Cc1ccc2c(c1)N1CCC[C@H](NC(=O)C(F)(F)F)[C@@H]1c1ccccc1O2. The third-order valence-electron chi connectivity index (χ3n) is 5.06. The molecule has 2 aromatic carbocycles. The Labute approximate surface area is 159 Å². The molecule has 1 N–H and O–H groups in total. The number of hydrogen-bond acceptors (Lipinski definition) is 4. The zero-order valence-electron chi connectivity index (χ0n) is 14.7. The average molecular weight is 387 g/mol. The predicted octanol–water partition coefficient (Wildman–Crippen LogP) is 4.05. The first-order valence-electron chi connectivity index (χ1n) is 8.84. The molecule has 1 amide bonds. The van der Waals surface area contributed by atoms with E-state index in [0.29, 0.717) is 47.7 Å². The molecule has 0 unspecified atom stereocenters. The Bertz CT molecular complexity index is 968. The minimum atomic E-state index is -4.95. The fraction of sp³-hybridized carbons (Fsp3) is 0.300. The minimum absolute atomic E-state index is 0.407. The Balaban J connectivity index is 1.82. The maximum absolute atomic E-state index is 12.9. The lowest BCUT2D eigenvalue weighted by atomic mass is 9.89. The highest BCUT2D eigenvalue weighted by Crippen LogP contribution is 2.47. The van der Waals surface area contributed by atoms with Crippen LogP contribution in [-0.2, 0) is 4.79 Å². The van der Waals surface area contributed by atoms with Crippen molar-refractivity contribution in [2.75, 3.05) is 11.4 Å². The highest BCUT2D eigenvalue weighted by Gasteiger charge is 2.44. The van der Waals surface area contributed by atoms with Crippen LogP contribution in [0.25, 0.3) is 0 Å². The van der Waals surface area contributed by atoms with E-state index in [-0.39, 0.29) is 0 Å². The molecule has 28 heavy (non-hydrogen) atoms. The van der Waals surface area contributed by atoms with Gasteiger partial charge in [0, 0.05) is 12.1 Å². The Morgan fingerprint density at radius 3 is 2.75 bits per heavy atom. The summed E-state index contributed by atoms with van der Waals surface area (Å²) in [5, 5.41) is 11.4. The van der Waals surface area contributed by atoms with Crippen LogP contribution in [0.2, 0.25) is 0 Å². The second-order valence-corrected chi connectivity index (χ2v) is 6.79. The van der Waals surface area contributed by atoms with E-state index >= 15 is 0 Å². The summed E-state index contributed by atoms with van der Waals surface area (Å²) in [5.74, 6) is -0.904. The first-order chi connectivity index (χ1) is 13.4. The van der Waals surface area contributed by atoms with Crippen LogP contribution in [0, 0.1) is 11.3 Å². The number of anilines is 1. The van der Waals surface area contributed by atoms with Crippen molar-refractivity contribution in [3.05, 3.63) is 53.6 Å². The van der Waals surface area contributed by atoms with Crippen molar-refractivity contribution in [3.8, 4) is 17.6 Å². The molecule has 4 rings (SSSR count). The molecular formula is C20H16F3N3O2. The van der Waals surface area contributed by atoms with Gasteiger partial charge < -0.3 is 15.0 Å². The number of hydrogen-bond donors (Lipinski definition) is 1. The number of piperidine rings is 1. The third kappa shape index (κ3) is 3.13. The van der Waals surface area contributed by atoms with Crippen LogP contribution in [0.1, 0.15) is 30.0 Å². The molecule has 1 saturated heterocycles. The van der Waals surface area contributed by atoms with Crippen LogP contribution in [-0.4, -0.2) is 24.7 Å². The first-order valence-corrected chi connectivity index (χ1v) is 8.84. The normalized spacial score (nSPS) is 20.6. The lowest BCUT2D eigenvalue weighted by Gasteiger charge is -2.42. The molecule has 5 nitrogen and oxygen atoms in total. The molecular weight excluding hydrogens is 371 g/mol. The van der Waals surface area contributed by atoms with Crippen molar-refractivity contribution in [2.45, 2.75) is 31.1 Å². The fourth-order valence-electron chi connectivity index (χ4n) is 3.89. The largest absolute Gasteiger partial charge is 0.471 e. The van der Waals surface area contributed by atoms with Crippen molar-refractivity contribution in [1.82, 2.24) is 5.32 Å². The quantitative estimate of drug-likeness (QED) is 0.802. The third-order valence-corrected chi connectivity index (χ3v) is 5.06. The van der Waals surface area contributed by atoms with Crippen molar-refractivity contribution < 1.29 is 22.7 Å². The van der Waals surface area contributed by atoms with Gasteiger partial charge in [-0.25, -0.2) is 0 Å². The van der Waals surface area contributed by atoms with E-state index in [1.165, 1.54) is 0 Å². The van der Waals surface area contributed by atoms with Crippen molar-refractivity contribution in [3.63, 3.8) is 0 Å². The van der Waals surface area contributed by atoms with Gasteiger partial charge in [-0.3, -0.25) is 4.79 Å². The number of alkyl halides is 3. The summed E-state index contributed by atoms with van der Waals surface area (Å²) in [6.07, 6.45) is -3.95. The fourth-order valence-corrected chi connectivity index (χ4v) is 3.89. The van der Waals surface area contributed by atoms with E-state index in [4.69, 9.17) is 4.74 Å². The number of ether oxygens (including phenoxy) is 1. The van der Waals surface area contributed by atoms with E-state index in [1.807, 2.05) is 4.90 Å². The number of halogens is 3. The van der Waals surface area contributed by atoms with Crippen LogP contribution in [0.3, 0.4) is 0 Å². The lowest BCUT2D eigenvalue weighted by Crippen LogP contribution is -2.52. The molecule has 0 aromatic heterocycles. The number of benzene rings is 2. The molecule has 144 valence electrons. The number of amides is 1. The standard InChI is InChI=1S/C20H16F3N3O2/c21-20(22,23)19(27)25-14-5-3-9-26-15-10-12(11-24)7-8-17(15)28-16-6-2-1-4-13(16)18(14)26/h1-2,4,6-8,10,14,18H,3,5,9H2,(H,25,27)/t14-,18-/m0/s1. The predicted molar refractivity (Wildman–Crippen MR) is 95.0 cm³/mol. The summed E-state index contributed by atoms with van der Waals surface area (Å²) in [7, 11) is 0. The van der Waals surface area contributed by atoms with Crippen molar-refractivity contribution >= 4 is 11.6 Å². The molecule has 0 bridgehead atoms. The van der Waals surface area contributed by atoms with Crippen molar-refractivity contribution in [1.29, 1.82) is 5.26 Å². The zero-order valence-corrected chi connectivity index (χ0v) is 14.7. The lowest BCUT2D eigenvalue weighted by molar-refractivity contribution is -0.174. The summed E-state index contributed by atoms with van der Waals surface area (Å²) >= 11 is 0. The van der Waals surface area contributed by atoms with Gasteiger partial charge in [0.2, 0.25) is 0 Å². The van der Waals surface area contributed by atoms with Gasteiger partial charge in [-0.15, -0.1) is 0 Å². The Morgan fingerprint density at radius 2 is 2.00 bits per heavy atom. The Hall–Kier alpha value is -3.21. The van der Waals surface area contributed by atoms with Gasteiger partial charge >= 0.3 is 12.1 Å². The van der Waals surface area contributed by atoms with Gasteiger partial charge in [-0.1, -0.05) is 18.2 Å². The maximum Gasteiger partial charge on any atom is 0.471 e. The van der Waals surface area contributed by atoms with Crippen molar-refractivity contribution in [2.24, 2.45) is 0 Å². The first kappa shape index (κ1) is 18.2. The Morgan fingerprint density at radius 1 is 1.21 bits per heavy atom. The molecule has 2 aliphatic heterocycles. The summed E-state index contributed by atoms with van der Waals surface area (Å²) in [5.41, 5.74) is 1.75. The number of nitrogens with zero attached hydrogens (tertiary/aromatic N) is 2. The van der Waals surface area contributed by atoms with E-state index in [2.05, 4.69) is 11.4 Å². The van der Waals surface area contributed by atoms with Crippen LogP contribution in [0.4, 0.5) is 18.9 Å². The van der Waals surface area contributed by atoms with E-state index in [0.717, 1.165) is 0 Å². The molecule has 1 fully saturated rings. The zero-order chi connectivity index (χ0) is 19.9. The van der Waals surface area contributed by atoms with Crippen LogP contribution in [0.5, 0.6) is 11.5 Å².